The minimum absolute atomic E-state index is 0.148. The van der Waals surface area contributed by atoms with Crippen LogP contribution in [0.2, 0.25) is 0 Å². The lowest BCUT2D eigenvalue weighted by atomic mass is 9.64. The van der Waals surface area contributed by atoms with Crippen LogP contribution in [0.15, 0.2) is 48.7 Å². The number of nitrogens with one attached hydrogen (secondary N) is 1. The molecule has 1 saturated heterocycles. The van der Waals surface area contributed by atoms with Gasteiger partial charge >= 0.3 is 0 Å². The average molecular weight is 670 g/mol. The molecule has 0 aliphatic carbocycles. The van der Waals surface area contributed by atoms with Crippen LogP contribution in [0, 0.1) is 47.0 Å². The van der Waals surface area contributed by atoms with E-state index < -0.39 is 0 Å². The summed E-state index contributed by atoms with van der Waals surface area (Å²) in [6, 6.07) is 15.2. The molecule has 1 N–H and O–H groups in total. The molecule has 1 unspecified atom stereocenters. The molecule has 0 spiro atoms. The first-order valence-electron chi connectivity index (χ1n) is 18.1. The van der Waals surface area contributed by atoms with Crippen LogP contribution in [-0.2, 0) is 22.7 Å². The monoisotopic (exact) mass is 669 g/mol. The Bertz CT molecular complexity index is 2280. The van der Waals surface area contributed by atoms with Crippen molar-refractivity contribution in [1.82, 2.24) is 24.3 Å². The number of imide groups is 1. The van der Waals surface area contributed by atoms with Crippen LogP contribution in [0.25, 0.3) is 33.0 Å². The zero-order valence-electron chi connectivity index (χ0n) is 31.6. The van der Waals surface area contributed by atoms with Gasteiger partial charge in [-0.3, -0.25) is 24.8 Å². The van der Waals surface area contributed by atoms with Crippen LogP contribution >= 0.6 is 0 Å². The van der Waals surface area contributed by atoms with Crippen molar-refractivity contribution in [3.05, 3.63) is 99.1 Å². The smallest absolute Gasteiger partial charge is 0.259 e. The summed E-state index contributed by atoms with van der Waals surface area (Å²) < 4.78 is 4.68. The molecule has 50 heavy (non-hydrogen) atoms. The first-order valence-corrected chi connectivity index (χ1v) is 18.1. The number of fused-ring (bicyclic) bond motifs is 2. The largest absolute Gasteiger partial charge is 0.345 e. The van der Waals surface area contributed by atoms with Gasteiger partial charge in [-0.2, -0.15) is 0 Å². The van der Waals surface area contributed by atoms with Crippen LogP contribution in [0.3, 0.4) is 0 Å². The Kier molecular flexibility index (Phi) is 8.02. The normalized spacial score (nSPS) is 19.3. The van der Waals surface area contributed by atoms with Crippen molar-refractivity contribution in [1.29, 1.82) is 0 Å². The lowest BCUT2D eigenvalue weighted by molar-refractivity contribution is -0.122. The van der Waals surface area contributed by atoms with Crippen LogP contribution < -0.4 is 5.32 Å². The number of rotatable bonds is 6. The van der Waals surface area contributed by atoms with Gasteiger partial charge in [0.05, 0.1) is 16.8 Å². The summed E-state index contributed by atoms with van der Waals surface area (Å²) in [5.74, 6) is -0.658. The Morgan fingerprint density at radius 1 is 0.840 bits per heavy atom. The number of likely N-dealkylation sites (tertiary alicyclic amines) is 1. The molecule has 0 saturated carbocycles. The van der Waals surface area contributed by atoms with Crippen molar-refractivity contribution < 1.29 is 9.59 Å². The van der Waals surface area contributed by atoms with Crippen molar-refractivity contribution >= 4 is 44.8 Å². The number of aryl methyl sites for hydroxylation is 6. The fraction of sp³-hybridized carbons (Fsp3) is 0.419. The number of carbonyl (C=O) groups excluding carboxylic acids is 2. The van der Waals surface area contributed by atoms with Crippen molar-refractivity contribution in [3.63, 3.8) is 0 Å². The lowest BCUT2D eigenvalue weighted by Crippen LogP contribution is -2.60. The fourth-order valence-corrected chi connectivity index (χ4v) is 8.79. The summed E-state index contributed by atoms with van der Waals surface area (Å²) in [7, 11) is 0. The molecule has 5 aromatic rings. The van der Waals surface area contributed by atoms with E-state index in [1.807, 2.05) is 0 Å². The molecule has 7 heteroatoms. The number of aromatic nitrogens is 3. The molecule has 2 amide bonds. The SMILES string of the molecule is CCn1c(C)c(C2=C(c3cn(C4CCN(Cc5ccc(C)c(C)n5)C(C)(C)C4(C)C)c4cc(C)c(C)cc34)C(=O)NC2=O)c2c(C)cccc21. The van der Waals surface area contributed by atoms with E-state index in [-0.39, 0.29) is 28.8 Å². The highest BCUT2D eigenvalue weighted by molar-refractivity contribution is 6.51. The first kappa shape index (κ1) is 34.0. The summed E-state index contributed by atoms with van der Waals surface area (Å²) in [5, 5.41) is 4.76. The number of benzene rings is 2. The number of hydrogen-bond donors (Lipinski definition) is 1. The van der Waals surface area contributed by atoms with Gasteiger partial charge in [-0.25, -0.2) is 0 Å². The molecule has 2 aliphatic rings. The highest BCUT2D eigenvalue weighted by atomic mass is 16.2. The minimum atomic E-state index is -0.331. The van der Waals surface area contributed by atoms with E-state index in [4.69, 9.17) is 4.98 Å². The van der Waals surface area contributed by atoms with E-state index in [0.29, 0.717) is 11.1 Å². The summed E-state index contributed by atoms with van der Waals surface area (Å²) in [4.78, 5) is 35.5. The summed E-state index contributed by atoms with van der Waals surface area (Å²) >= 11 is 0. The summed E-state index contributed by atoms with van der Waals surface area (Å²) in [5.41, 5.74) is 12.3. The van der Waals surface area contributed by atoms with Crippen LogP contribution in [0.1, 0.15) is 97.5 Å². The topological polar surface area (TPSA) is 72.2 Å². The predicted molar refractivity (Wildman–Crippen MR) is 204 cm³/mol. The Morgan fingerprint density at radius 2 is 1.54 bits per heavy atom. The van der Waals surface area contributed by atoms with E-state index in [2.05, 4.69) is 144 Å². The molecule has 3 aromatic heterocycles. The molecule has 260 valence electrons. The molecule has 2 aromatic carbocycles. The minimum Gasteiger partial charge on any atom is -0.345 e. The average Bonchev–Trinajstić information content (AvgIpc) is 3.64. The molecule has 2 aliphatic heterocycles. The van der Waals surface area contributed by atoms with E-state index in [9.17, 15) is 9.59 Å². The number of piperidine rings is 1. The van der Waals surface area contributed by atoms with Gasteiger partial charge in [0.25, 0.3) is 11.8 Å². The maximum Gasteiger partial charge on any atom is 0.259 e. The van der Waals surface area contributed by atoms with E-state index in [1.54, 1.807) is 0 Å². The second-order valence-corrected chi connectivity index (χ2v) is 15.8. The molecule has 7 rings (SSSR count). The van der Waals surface area contributed by atoms with Gasteiger partial charge in [0.15, 0.2) is 0 Å². The standard InChI is InChI=1S/C43H51N5O2/c1-12-47-29(7)37(36-25(3)14-13-15-33(36)47)39-38(40(49)45-41(39)50)32-23-48(34-21-27(5)26(4)20-31(32)34)35-18-19-46(43(10,11)42(35,8)9)22-30-17-16-24(2)28(6)44-30/h13-17,20-21,23,35H,12,18-19,22H2,1-11H3,(H,45,49,50). The molecule has 0 radical (unpaired) electrons. The van der Waals surface area contributed by atoms with Crippen molar-refractivity contribution in [3.8, 4) is 0 Å². The Morgan fingerprint density at radius 3 is 2.24 bits per heavy atom. The van der Waals surface area contributed by atoms with E-state index in [0.717, 1.165) is 87.2 Å². The highest BCUT2D eigenvalue weighted by Gasteiger charge is 2.51. The molecule has 1 fully saturated rings. The Labute approximate surface area is 296 Å². The molecular formula is C43H51N5O2. The second kappa shape index (κ2) is 11.8. The van der Waals surface area contributed by atoms with Gasteiger partial charge in [0, 0.05) is 87.1 Å². The maximum atomic E-state index is 14.0. The third kappa shape index (κ3) is 4.91. The Balaban J connectivity index is 1.42. The number of amides is 2. The van der Waals surface area contributed by atoms with Gasteiger partial charge in [0.1, 0.15) is 0 Å². The van der Waals surface area contributed by atoms with Gasteiger partial charge < -0.3 is 9.13 Å². The van der Waals surface area contributed by atoms with Crippen molar-refractivity contribution in [2.75, 3.05) is 6.54 Å². The number of hydrogen-bond acceptors (Lipinski definition) is 4. The lowest BCUT2D eigenvalue weighted by Gasteiger charge is -2.57. The van der Waals surface area contributed by atoms with Gasteiger partial charge in [0.2, 0.25) is 0 Å². The van der Waals surface area contributed by atoms with Gasteiger partial charge in [-0.05, 0) is 115 Å². The number of carbonyl (C=O) groups is 2. The zero-order valence-corrected chi connectivity index (χ0v) is 31.6. The Hall–Kier alpha value is -4.49. The van der Waals surface area contributed by atoms with Crippen LogP contribution in [0.4, 0.5) is 0 Å². The molecule has 1 atom stereocenters. The predicted octanol–water partition coefficient (Wildman–Crippen LogP) is 8.68. The number of nitrogens with zero attached hydrogens (tertiary/aromatic N) is 4. The molecule has 5 heterocycles. The number of pyridine rings is 1. The molecular weight excluding hydrogens is 619 g/mol. The highest BCUT2D eigenvalue weighted by Crippen LogP contribution is 2.52. The maximum absolute atomic E-state index is 14.0. The van der Waals surface area contributed by atoms with E-state index in [1.165, 1.54) is 11.1 Å². The first-order chi connectivity index (χ1) is 23.6. The van der Waals surface area contributed by atoms with Crippen LogP contribution in [0.5, 0.6) is 0 Å². The van der Waals surface area contributed by atoms with Crippen molar-refractivity contribution in [2.24, 2.45) is 5.41 Å². The quantitative estimate of drug-likeness (QED) is 0.184. The van der Waals surface area contributed by atoms with Gasteiger partial charge in [-0.15, -0.1) is 0 Å². The fourth-order valence-electron chi connectivity index (χ4n) is 8.79. The second-order valence-electron chi connectivity index (χ2n) is 15.8. The van der Waals surface area contributed by atoms with E-state index >= 15 is 0 Å². The third-order valence-electron chi connectivity index (χ3n) is 12.7. The molecule has 7 nitrogen and oxygen atoms in total. The zero-order chi connectivity index (χ0) is 36.0. The van der Waals surface area contributed by atoms with Crippen LogP contribution in [-0.4, -0.2) is 42.9 Å². The third-order valence-corrected chi connectivity index (χ3v) is 12.7. The summed E-state index contributed by atoms with van der Waals surface area (Å²) in [6.45, 7) is 26.7. The molecule has 0 bridgehead atoms. The summed E-state index contributed by atoms with van der Waals surface area (Å²) in [6.07, 6.45) is 3.12. The van der Waals surface area contributed by atoms with Gasteiger partial charge in [-0.1, -0.05) is 32.0 Å². The van der Waals surface area contributed by atoms with Crippen molar-refractivity contribution in [2.45, 2.75) is 107 Å².